The average molecular weight is 463 g/mol. The molecule has 0 radical (unpaired) electrons. The molecule has 0 aliphatic carbocycles. The van der Waals surface area contributed by atoms with Gasteiger partial charge in [0.05, 0.1) is 5.25 Å². The van der Waals surface area contributed by atoms with Gasteiger partial charge in [-0.25, -0.2) is 4.98 Å². The van der Waals surface area contributed by atoms with Gasteiger partial charge in [0, 0.05) is 29.2 Å². The SMILES string of the molecule is Cc1cc(C(=O)C(C)Sc2n[nH]c(C3CCCO3)n2)c(C)n1-c1ccc(OC(F)F)cc1. The number of hydrogen-bond donors (Lipinski definition) is 1. The van der Waals surface area contributed by atoms with Crippen LogP contribution in [-0.2, 0) is 4.74 Å². The van der Waals surface area contributed by atoms with E-state index < -0.39 is 6.61 Å². The molecule has 3 aromatic rings. The van der Waals surface area contributed by atoms with E-state index in [0.29, 0.717) is 16.5 Å². The van der Waals surface area contributed by atoms with Gasteiger partial charge in [0.1, 0.15) is 11.9 Å². The zero-order valence-electron chi connectivity index (χ0n) is 18.0. The number of carbonyl (C=O) groups is 1. The molecule has 0 spiro atoms. The van der Waals surface area contributed by atoms with Gasteiger partial charge in [0.2, 0.25) is 5.16 Å². The van der Waals surface area contributed by atoms with Crippen molar-refractivity contribution in [3.63, 3.8) is 0 Å². The summed E-state index contributed by atoms with van der Waals surface area (Å²) in [5.74, 6) is 0.749. The van der Waals surface area contributed by atoms with Gasteiger partial charge in [0.15, 0.2) is 11.6 Å². The smallest absolute Gasteiger partial charge is 0.387 e. The van der Waals surface area contributed by atoms with Crippen LogP contribution in [0, 0.1) is 13.8 Å². The van der Waals surface area contributed by atoms with Crippen molar-refractivity contribution in [2.45, 2.75) is 56.7 Å². The van der Waals surface area contributed by atoms with Crippen LogP contribution in [0.4, 0.5) is 8.78 Å². The molecule has 0 saturated carbocycles. The third-order valence-corrected chi connectivity index (χ3v) is 6.35. The largest absolute Gasteiger partial charge is 0.435 e. The third kappa shape index (κ3) is 4.71. The standard InChI is InChI=1S/C22H24F2N4O3S/c1-12-11-17(13(2)28(12)15-6-8-16(9-7-15)31-21(23)24)19(29)14(3)32-22-25-20(26-27-22)18-5-4-10-30-18/h6-9,11,14,18,21H,4-5,10H2,1-3H3,(H,25,26,27). The predicted molar refractivity (Wildman–Crippen MR) is 116 cm³/mol. The minimum absolute atomic E-state index is 0.0320. The number of carbonyl (C=O) groups excluding carboxylic acids is 1. The van der Waals surface area contributed by atoms with E-state index in [1.165, 1.54) is 23.9 Å². The summed E-state index contributed by atoms with van der Waals surface area (Å²) in [7, 11) is 0. The number of ether oxygens (including phenoxy) is 2. The normalized spacial score (nSPS) is 17.1. The first-order chi connectivity index (χ1) is 15.3. The number of aromatic amines is 1. The Morgan fingerprint density at radius 1 is 1.31 bits per heavy atom. The number of nitrogens with zero attached hydrogens (tertiary/aromatic N) is 3. The molecule has 4 rings (SSSR count). The summed E-state index contributed by atoms with van der Waals surface area (Å²) in [6, 6.07) is 8.17. The van der Waals surface area contributed by atoms with Crippen LogP contribution in [0.3, 0.4) is 0 Å². The van der Waals surface area contributed by atoms with E-state index in [2.05, 4.69) is 19.9 Å². The second kappa shape index (κ2) is 9.41. The molecule has 170 valence electrons. The quantitative estimate of drug-likeness (QED) is 0.374. The summed E-state index contributed by atoms with van der Waals surface area (Å²) in [4.78, 5) is 17.7. The van der Waals surface area contributed by atoms with Gasteiger partial charge in [-0.05, 0) is 63.9 Å². The number of rotatable bonds is 8. The van der Waals surface area contributed by atoms with Crippen LogP contribution in [0.1, 0.15) is 53.4 Å². The summed E-state index contributed by atoms with van der Waals surface area (Å²) in [5.41, 5.74) is 3.00. The highest BCUT2D eigenvalue weighted by atomic mass is 32.2. The average Bonchev–Trinajstić information content (AvgIpc) is 3.49. The van der Waals surface area contributed by atoms with Crippen LogP contribution in [0.2, 0.25) is 0 Å². The predicted octanol–water partition coefficient (Wildman–Crippen LogP) is 5.03. The van der Waals surface area contributed by atoms with Crippen molar-refractivity contribution in [1.82, 2.24) is 19.7 Å². The van der Waals surface area contributed by atoms with Crippen LogP contribution in [-0.4, -0.2) is 44.0 Å². The van der Waals surface area contributed by atoms with Crippen molar-refractivity contribution >= 4 is 17.5 Å². The Bertz CT molecular complexity index is 1090. The number of nitrogens with one attached hydrogen (secondary N) is 1. The maximum absolute atomic E-state index is 13.2. The Balaban J connectivity index is 1.49. The molecule has 1 aliphatic heterocycles. The molecule has 0 bridgehead atoms. The highest BCUT2D eigenvalue weighted by Crippen LogP contribution is 2.30. The second-order valence-electron chi connectivity index (χ2n) is 7.62. The fraction of sp³-hybridized carbons (Fsp3) is 0.409. The number of aryl methyl sites for hydroxylation is 1. The molecule has 1 aromatic carbocycles. The highest BCUT2D eigenvalue weighted by molar-refractivity contribution is 8.00. The first-order valence-electron chi connectivity index (χ1n) is 10.3. The van der Waals surface area contributed by atoms with Gasteiger partial charge in [-0.3, -0.25) is 9.89 Å². The minimum Gasteiger partial charge on any atom is -0.435 e. The molecule has 1 aliphatic rings. The van der Waals surface area contributed by atoms with Crippen molar-refractivity contribution in [3.8, 4) is 11.4 Å². The summed E-state index contributed by atoms with van der Waals surface area (Å²) in [5, 5.41) is 7.26. The number of Topliss-reactive ketones (excluding diaryl/α,β-unsaturated/α-hetero) is 1. The van der Waals surface area contributed by atoms with Crippen molar-refractivity contribution in [2.75, 3.05) is 6.61 Å². The molecule has 1 saturated heterocycles. The van der Waals surface area contributed by atoms with Crippen LogP contribution >= 0.6 is 11.8 Å². The molecule has 10 heteroatoms. The molecule has 1 N–H and O–H groups in total. The number of H-pyrrole nitrogens is 1. The van der Waals surface area contributed by atoms with Crippen LogP contribution in [0.15, 0.2) is 35.5 Å². The van der Waals surface area contributed by atoms with Crippen LogP contribution < -0.4 is 4.74 Å². The monoisotopic (exact) mass is 462 g/mol. The minimum atomic E-state index is -2.87. The van der Waals surface area contributed by atoms with Gasteiger partial charge in [-0.15, -0.1) is 5.10 Å². The second-order valence-corrected chi connectivity index (χ2v) is 8.93. The summed E-state index contributed by atoms with van der Waals surface area (Å²) >= 11 is 1.30. The van der Waals surface area contributed by atoms with E-state index in [9.17, 15) is 13.6 Å². The highest BCUT2D eigenvalue weighted by Gasteiger charge is 2.26. The lowest BCUT2D eigenvalue weighted by Crippen LogP contribution is -2.15. The number of hydrogen-bond acceptors (Lipinski definition) is 6. The van der Waals surface area contributed by atoms with E-state index in [1.54, 1.807) is 12.1 Å². The number of ketones is 1. The molecule has 7 nitrogen and oxygen atoms in total. The number of halogens is 2. The van der Waals surface area contributed by atoms with Crippen molar-refractivity contribution in [3.05, 3.63) is 53.1 Å². The van der Waals surface area contributed by atoms with Crippen LogP contribution in [0.25, 0.3) is 5.69 Å². The maximum Gasteiger partial charge on any atom is 0.387 e. The molecular weight excluding hydrogens is 438 g/mol. The lowest BCUT2D eigenvalue weighted by molar-refractivity contribution is -0.0498. The first-order valence-corrected chi connectivity index (χ1v) is 11.2. The zero-order chi connectivity index (χ0) is 22.8. The summed E-state index contributed by atoms with van der Waals surface area (Å²) < 4.78 is 36.7. The molecule has 2 atom stereocenters. The number of thioether (sulfide) groups is 1. The maximum atomic E-state index is 13.2. The Hall–Kier alpha value is -2.72. The fourth-order valence-electron chi connectivity index (χ4n) is 3.86. The summed E-state index contributed by atoms with van der Waals surface area (Å²) in [6.45, 7) is 3.44. The lowest BCUT2D eigenvalue weighted by Gasteiger charge is -2.12. The van der Waals surface area contributed by atoms with Crippen molar-refractivity contribution in [2.24, 2.45) is 0 Å². The molecule has 0 amide bonds. The third-order valence-electron chi connectivity index (χ3n) is 5.38. The van der Waals surface area contributed by atoms with Gasteiger partial charge in [-0.1, -0.05) is 11.8 Å². The summed E-state index contributed by atoms with van der Waals surface area (Å²) in [6.07, 6.45) is 1.86. The number of alkyl halides is 2. The molecule has 2 unspecified atom stereocenters. The molecular formula is C22H24F2N4O3S. The van der Waals surface area contributed by atoms with Gasteiger partial charge in [0.25, 0.3) is 0 Å². The van der Waals surface area contributed by atoms with E-state index in [1.807, 2.05) is 31.4 Å². The van der Waals surface area contributed by atoms with E-state index in [0.717, 1.165) is 36.5 Å². The van der Waals surface area contributed by atoms with Crippen molar-refractivity contribution in [1.29, 1.82) is 0 Å². The lowest BCUT2D eigenvalue weighted by atomic mass is 10.1. The zero-order valence-corrected chi connectivity index (χ0v) is 18.8. The fourth-order valence-corrected chi connectivity index (χ4v) is 4.66. The first kappa shape index (κ1) is 22.5. The molecule has 32 heavy (non-hydrogen) atoms. The van der Waals surface area contributed by atoms with Gasteiger partial charge < -0.3 is 14.0 Å². The van der Waals surface area contributed by atoms with Gasteiger partial charge >= 0.3 is 6.61 Å². The Morgan fingerprint density at radius 3 is 2.72 bits per heavy atom. The van der Waals surface area contributed by atoms with E-state index in [4.69, 9.17) is 4.74 Å². The van der Waals surface area contributed by atoms with E-state index >= 15 is 0 Å². The Labute approximate surface area is 188 Å². The molecule has 1 fully saturated rings. The molecule has 3 heterocycles. The number of benzene rings is 1. The number of aromatic nitrogens is 4. The van der Waals surface area contributed by atoms with E-state index in [-0.39, 0.29) is 22.9 Å². The van der Waals surface area contributed by atoms with Gasteiger partial charge in [-0.2, -0.15) is 8.78 Å². The Kier molecular flexibility index (Phi) is 6.61. The Morgan fingerprint density at radius 2 is 2.06 bits per heavy atom. The topological polar surface area (TPSA) is 82.0 Å². The molecule has 2 aromatic heterocycles. The van der Waals surface area contributed by atoms with Crippen LogP contribution in [0.5, 0.6) is 5.75 Å². The van der Waals surface area contributed by atoms with Crippen molar-refractivity contribution < 1.29 is 23.0 Å².